The molecule has 6 rings (SSSR count). The summed E-state index contributed by atoms with van der Waals surface area (Å²) in [4.78, 5) is 4.80. The molecule has 0 N–H and O–H groups in total. The van der Waals surface area contributed by atoms with Crippen LogP contribution in [-0.4, -0.2) is 32.6 Å². The number of aromatic nitrogens is 4. The molecule has 3 heterocycles. The molecule has 174 valence electrons. The first-order chi connectivity index (χ1) is 16.7. The van der Waals surface area contributed by atoms with Gasteiger partial charge in [0.15, 0.2) is 22.5 Å². The molecular weight excluding hydrogens is 468 g/mol. The molecule has 0 spiro atoms. The molecule has 0 unspecified atom stereocenters. The normalized spacial score (nSPS) is 15.2. The summed E-state index contributed by atoms with van der Waals surface area (Å²) in [6.07, 6.45) is 5.21. The smallest absolute Gasteiger partial charge is 0.231 e. The lowest BCUT2D eigenvalue weighted by Gasteiger charge is -2.13. The van der Waals surface area contributed by atoms with Crippen LogP contribution in [0.4, 0.5) is 0 Å². The fourth-order valence-corrected chi connectivity index (χ4v) is 5.97. The van der Waals surface area contributed by atoms with Gasteiger partial charge >= 0.3 is 0 Å². The lowest BCUT2D eigenvalue weighted by molar-refractivity contribution is 0.174. The van der Waals surface area contributed by atoms with Crippen LogP contribution in [0.25, 0.3) is 22.0 Å². The minimum absolute atomic E-state index is 0.274. The lowest BCUT2D eigenvalue weighted by atomic mass is 10.2. The molecule has 2 aliphatic rings. The van der Waals surface area contributed by atoms with Gasteiger partial charge < -0.3 is 18.8 Å². The summed E-state index contributed by atoms with van der Waals surface area (Å²) in [5.41, 5.74) is 3.08. The first kappa shape index (κ1) is 21.5. The largest absolute Gasteiger partial charge is 0.490 e. The third-order valence-corrected chi connectivity index (χ3v) is 8.07. The number of benzene rings is 2. The number of thiazole rings is 1. The average molecular weight is 493 g/mol. The zero-order valence-electron chi connectivity index (χ0n) is 18.8. The van der Waals surface area contributed by atoms with Gasteiger partial charge in [-0.05, 0) is 68.1 Å². The molecule has 0 radical (unpaired) electrons. The van der Waals surface area contributed by atoms with Crippen molar-refractivity contribution in [1.82, 2.24) is 19.7 Å². The standard InChI is InChI=1S/C25H24N4O3S2/c1-29-23(16-6-9-20(10-7-16)32-19-4-2-3-5-19)27-28-25(29)34-14-18-13-33-24(26-18)17-8-11-21-22(12-17)31-15-30-21/h6-13,19H,2-5,14-15H2,1H3. The van der Waals surface area contributed by atoms with E-state index in [9.17, 15) is 0 Å². The van der Waals surface area contributed by atoms with E-state index in [1.165, 1.54) is 12.8 Å². The summed E-state index contributed by atoms with van der Waals surface area (Å²) in [5.74, 6) is 4.04. The van der Waals surface area contributed by atoms with Gasteiger partial charge in [0.1, 0.15) is 10.8 Å². The van der Waals surface area contributed by atoms with E-state index in [0.717, 1.165) is 68.7 Å². The molecule has 1 saturated carbocycles. The molecule has 1 fully saturated rings. The van der Waals surface area contributed by atoms with Gasteiger partial charge in [-0.3, -0.25) is 0 Å². The summed E-state index contributed by atoms with van der Waals surface area (Å²) >= 11 is 3.26. The van der Waals surface area contributed by atoms with E-state index < -0.39 is 0 Å². The third kappa shape index (κ3) is 4.37. The van der Waals surface area contributed by atoms with Gasteiger partial charge in [-0.15, -0.1) is 21.5 Å². The van der Waals surface area contributed by atoms with Crippen LogP contribution in [0.2, 0.25) is 0 Å². The van der Waals surface area contributed by atoms with E-state index in [1.54, 1.807) is 23.1 Å². The number of ether oxygens (including phenoxy) is 3. The van der Waals surface area contributed by atoms with E-state index in [0.29, 0.717) is 6.10 Å². The predicted molar refractivity (Wildman–Crippen MR) is 133 cm³/mol. The van der Waals surface area contributed by atoms with Crippen molar-refractivity contribution in [2.45, 2.75) is 42.7 Å². The minimum Gasteiger partial charge on any atom is -0.490 e. The maximum atomic E-state index is 6.08. The van der Waals surface area contributed by atoms with Crippen molar-refractivity contribution in [3.05, 3.63) is 53.5 Å². The fraction of sp³-hybridized carbons (Fsp3) is 0.320. The van der Waals surface area contributed by atoms with E-state index in [-0.39, 0.29) is 6.79 Å². The molecule has 4 aromatic rings. The maximum absolute atomic E-state index is 6.08. The van der Waals surface area contributed by atoms with Gasteiger partial charge in [0.25, 0.3) is 0 Å². The molecule has 0 saturated heterocycles. The SMILES string of the molecule is Cn1c(SCc2csc(-c3ccc4c(c3)OCO4)n2)nnc1-c1ccc(OC2CCCC2)cc1. The second-order valence-electron chi connectivity index (χ2n) is 8.41. The predicted octanol–water partition coefficient (Wildman–Crippen LogP) is 5.95. The fourth-order valence-electron chi connectivity index (χ4n) is 4.25. The number of nitrogens with zero attached hydrogens (tertiary/aromatic N) is 4. The van der Waals surface area contributed by atoms with Gasteiger partial charge in [0.2, 0.25) is 6.79 Å². The summed E-state index contributed by atoms with van der Waals surface area (Å²) < 4.78 is 19.0. The first-order valence-electron chi connectivity index (χ1n) is 11.4. The number of rotatable bonds is 7. The molecule has 0 atom stereocenters. The molecular formula is C25H24N4O3S2. The molecule has 0 amide bonds. The molecule has 1 aliphatic carbocycles. The monoisotopic (exact) mass is 492 g/mol. The molecule has 9 heteroatoms. The summed E-state index contributed by atoms with van der Waals surface area (Å²) in [5, 5.41) is 12.7. The Kier molecular flexibility index (Phi) is 5.88. The van der Waals surface area contributed by atoms with E-state index in [4.69, 9.17) is 19.2 Å². The van der Waals surface area contributed by atoms with Crippen LogP contribution in [0.15, 0.2) is 53.0 Å². The highest BCUT2D eigenvalue weighted by atomic mass is 32.2. The van der Waals surface area contributed by atoms with Crippen LogP contribution in [-0.2, 0) is 12.8 Å². The zero-order valence-corrected chi connectivity index (χ0v) is 20.4. The number of fused-ring (bicyclic) bond motifs is 1. The van der Waals surface area contributed by atoms with Crippen LogP contribution in [0, 0.1) is 0 Å². The lowest BCUT2D eigenvalue weighted by Crippen LogP contribution is -2.10. The Balaban J connectivity index is 1.10. The Morgan fingerprint density at radius 3 is 2.68 bits per heavy atom. The Hall–Kier alpha value is -3.04. The van der Waals surface area contributed by atoms with E-state index >= 15 is 0 Å². The topological polar surface area (TPSA) is 71.3 Å². The van der Waals surface area contributed by atoms with E-state index in [2.05, 4.69) is 27.7 Å². The van der Waals surface area contributed by atoms with Crippen LogP contribution < -0.4 is 14.2 Å². The van der Waals surface area contributed by atoms with Crippen LogP contribution in [0.3, 0.4) is 0 Å². The van der Waals surface area contributed by atoms with Crippen molar-refractivity contribution in [3.63, 3.8) is 0 Å². The average Bonchev–Trinajstić information content (AvgIpc) is 3.66. The van der Waals surface area contributed by atoms with Gasteiger partial charge in [0, 0.05) is 29.3 Å². The Labute approximate surface area is 206 Å². The first-order valence-corrected chi connectivity index (χ1v) is 13.2. The second-order valence-corrected chi connectivity index (χ2v) is 10.2. The van der Waals surface area contributed by atoms with Gasteiger partial charge in [-0.25, -0.2) is 4.98 Å². The Morgan fingerprint density at radius 1 is 1.03 bits per heavy atom. The Bertz CT molecular complexity index is 1300. The van der Waals surface area contributed by atoms with Crippen LogP contribution in [0.5, 0.6) is 17.2 Å². The molecule has 34 heavy (non-hydrogen) atoms. The second kappa shape index (κ2) is 9.31. The molecule has 0 bridgehead atoms. The van der Waals surface area contributed by atoms with Crippen molar-refractivity contribution < 1.29 is 14.2 Å². The highest BCUT2D eigenvalue weighted by molar-refractivity contribution is 7.98. The zero-order chi connectivity index (χ0) is 22.9. The highest BCUT2D eigenvalue weighted by Crippen LogP contribution is 2.37. The highest BCUT2D eigenvalue weighted by Gasteiger charge is 2.18. The summed E-state index contributed by atoms with van der Waals surface area (Å²) in [7, 11) is 2.00. The molecule has 7 nitrogen and oxygen atoms in total. The van der Waals surface area contributed by atoms with Crippen molar-refractivity contribution in [2.24, 2.45) is 7.05 Å². The quantitative estimate of drug-likeness (QED) is 0.295. The minimum atomic E-state index is 0.274. The van der Waals surface area contributed by atoms with Crippen molar-refractivity contribution in [2.75, 3.05) is 6.79 Å². The third-order valence-electron chi connectivity index (χ3n) is 6.07. The van der Waals surface area contributed by atoms with Gasteiger partial charge in [-0.1, -0.05) is 11.8 Å². The maximum Gasteiger partial charge on any atom is 0.231 e. The van der Waals surface area contributed by atoms with Crippen molar-refractivity contribution in [3.8, 4) is 39.2 Å². The van der Waals surface area contributed by atoms with Crippen LogP contribution in [0.1, 0.15) is 31.4 Å². The molecule has 2 aromatic carbocycles. The van der Waals surface area contributed by atoms with Gasteiger partial charge in [0.05, 0.1) is 11.8 Å². The summed E-state index contributed by atoms with van der Waals surface area (Å²) in [6.45, 7) is 0.274. The number of thioether (sulfide) groups is 1. The number of hydrogen-bond acceptors (Lipinski definition) is 8. The summed E-state index contributed by atoms with van der Waals surface area (Å²) in [6, 6.07) is 14.1. The number of hydrogen-bond donors (Lipinski definition) is 0. The van der Waals surface area contributed by atoms with Crippen molar-refractivity contribution in [1.29, 1.82) is 0 Å². The van der Waals surface area contributed by atoms with Crippen LogP contribution >= 0.6 is 23.1 Å². The molecule has 2 aromatic heterocycles. The Morgan fingerprint density at radius 2 is 1.82 bits per heavy atom. The van der Waals surface area contributed by atoms with E-state index in [1.807, 2.05) is 41.9 Å². The van der Waals surface area contributed by atoms with Gasteiger partial charge in [-0.2, -0.15) is 0 Å². The van der Waals surface area contributed by atoms with Crippen molar-refractivity contribution >= 4 is 23.1 Å². The molecule has 1 aliphatic heterocycles.